The molecule has 10 aromatic carbocycles. The molecule has 1 aliphatic carbocycles. The SMILES string of the molecule is CC(=N[C@@H](C)c1ccccc1)N1c2ccc(-c3cccc(-c4cc(-c5nc(-c6ccccc6)cc(-c6ccccc6)n5)cc(-c5nc(-c6ccccc6)cc(-c6ccccc6)n5)c4)c3)cc2C(C)(C)c2cc3c(cc21)C(C)(C)c1ccccc1-3. The Kier molecular flexibility index (Phi) is 13.0. The summed E-state index contributed by atoms with van der Waals surface area (Å²) in [6.07, 6.45) is 0. The number of amidine groups is 1. The molecule has 0 unspecified atom stereocenters. The largest absolute Gasteiger partial charge is 0.298 e. The second kappa shape index (κ2) is 21.0. The molecule has 84 heavy (non-hydrogen) atoms. The van der Waals surface area contributed by atoms with E-state index in [9.17, 15) is 0 Å². The molecule has 2 aromatic heterocycles. The van der Waals surface area contributed by atoms with Crippen LogP contribution in [0, 0.1) is 0 Å². The first-order chi connectivity index (χ1) is 40.9. The van der Waals surface area contributed by atoms with E-state index in [4.69, 9.17) is 24.9 Å². The van der Waals surface area contributed by atoms with Gasteiger partial charge in [-0.05, 0) is 136 Å². The maximum Gasteiger partial charge on any atom is 0.160 e. The first-order valence-corrected chi connectivity index (χ1v) is 29.0. The maximum absolute atomic E-state index is 5.47. The lowest BCUT2D eigenvalue weighted by atomic mass is 9.71. The number of anilines is 2. The maximum atomic E-state index is 5.47. The molecule has 14 rings (SSSR count). The van der Waals surface area contributed by atoms with E-state index in [1.807, 2.05) is 24.3 Å². The lowest BCUT2D eigenvalue weighted by Crippen LogP contribution is -2.36. The molecule has 1 aliphatic heterocycles. The second-order valence-electron chi connectivity index (χ2n) is 23.3. The van der Waals surface area contributed by atoms with Crippen molar-refractivity contribution < 1.29 is 0 Å². The Morgan fingerprint density at radius 3 is 1.26 bits per heavy atom. The molecule has 0 radical (unpaired) electrons. The minimum Gasteiger partial charge on any atom is -0.298 e. The zero-order valence-electron chi connectivity index (χ0n) is 48.1. The summed E-state index contributed by atoms with van der Waals surface area (Å²) in [6, 6.07) is 92.6. The number of fused-ring (bicyclic) bond motifs is 5. The molecule has 6 heteroatoms. The molecule has 0 saturated carbocycles. The summed E-state index contributed by atoms with van der Waals surface area (Å²) in [7, 11) is 0. The van der Waals surface area contributed by atoms with Crippen molar-refractivity contribution in [3.63, 3.8) is 0 Å². The van der Waals surface area contributed by atoms with E-state index in [-0.39, 0.29) is 16.9 Å². The average molecular weight is 1080 g/mol. The minimum atomic E-state index is -0.375. The number of aliphatic imine (C=N–C) groups is 1. The fourth-order valence-corrected chi connectivity index (χ4v) is 12.7. The molecule has 0 N–H and O–H groups in total. The normalized spacial score (nSPS) is 14.0. The van der Waals surface area contributed by atoms with Crippen molar-refractivity contribution in [3.8, 4) is 101 Å². The second-order valence-corrected chi connectivity index (χ2v) is 23.3. The van der Waals surface area contributed by atoms with E-state index in [2.05, 4.69) is 283 Å². The van der Waals surface area contributed by atoms with E-state index in [1.165, 1.54) is 44.6 Å². The molecule has 0 amide bonds. The van der Waals surface area contributed by atoms with Gasteiger partial charge in [-0.3, -0.25) is 9.89 Å². The van der Waals surface area contributed by atoms with Gasteiger partial charge in [0, 0.05) is 44.2 Å². The monoisotopic (exact) mass is 1080 g/mol. The summed E-state index contributed by atoms with van der Waals surface area (Å²) in [5.74, 6) is 2.16. The Bertz CT molecular complexity index is 4230. The molecule has 6 nitrogen and oxygen atoms in total. The Hall–Kier alpha value is -10.2. The van der Waals surface area contributed by atoms with E-state index in [0.29, 0.717) is 11.6 Å². The lowest BCUT2D eigenvalue weighted by molar-refractivity contribution is 0.628. The fraction of sp³-hybridized carbons (Fsp3) is 0.115. The number of aromatic nitrogens is 4. The molecule has 0 saturated heterocycles. The Balaban J connectivity index is 0.937. The number of hydrogen-bond donors (Lipinski definition) is 0. The van der Waals surface area contributed by atoms with Gasteiger partial charge in [-0.1, -0.05) is 228 Å². The predicted octanol–water partition coefficient (Wildman–Crippen LogP) is 19.9. The van der Waals surface area contributed by atoms with E-state index >= 15 is 0 Å². The standard InChI is InChI=1S/C78H62N6/c1-50(52-25-12-7-13-26-52)79-51(2)84-73-40-39-59(45-67(73)78(5,6)68-46-64-63-37-22-23-38-65(63)77(3,4)66(64)47-74(68)84)57-35-24-36-58(41-57)60-42-61(75-80-69(53-27-14-8-15-28-53)48-70(81-75)54-29-16-9-17-30-54)44-62(43-60)76-82-71(55-31-18-10-19-32-55)49-72(83-76)56-33-20-11-21-34-56/h7-50H,1-6H3/t50-/m0/s1. The van der Waals surface area contributed by atoms with Crippen LogP contribution in [0.5, 0.6) is 0 Å². The van der Waals surface area contributed by atoms with Gasteiger partial charge in [-0.2, -0.15) is 0 Å². The van der Waals surface area contributed by atoms with Crippen molar-refractivity contribution >= 4 is 17.2 Å². The molecule has 12 aromatic rings. The molecule has 1 atom stereocenters. The zero-order chi connectivity index (χ0) is 57.1. The van der Waals surface area contributed by atoms with Crippen LogP contribution in [-0.4, -0.2) is 25.8 Å². The van der Waals surface area contributed by atoms with Crippen LogP contribution in [0.4, 0.5) is 11.4 Å². The van der Waals surface area contributed by atoms with Gasteiger partial charge in [-0.15, -0.1) is 0 Å². The van der Waals surface area contributed by atoms with Crippen LogP contribution in [-0.2, 0) is 10.8 Å². The van der Waals surface area contributed by atoms with Crippen molar-refractivity contribution in [2.75, 3.05) is 4.90 Å². The highest BCUT2D eigenvalue weighted by molar-refractivity contribution is 6.07. The number of hydrogen-bond acceptors (Lipinski definition) is 5. The van der Waals surface area contributed by atoms with E-state index in [1.54, 1.807) is 0 Å². The predicted molar refractivity (Wildman–Crippen MR) is 347 cm³/mol. The smallest absolute Gasteiger partial charge is 0.160 e. The summed E-state index contributed by atoms with van der Waals surface area (Å²) < 4.78 is 0. The Morgan fingerprint density at radius 1 is 0.333 bits per heavy atom. The van der Waals surface area contributed by atoms with Crippen molar-refractivity contribution in [2.45, 2.75) is 58.4 Å². The summed E-state index contributed by atoms with van der Waals surface area (Å²) in [5.41, 5.74) is 24.2. The van der Waals surface area contributed by atoms with Crippen LogP contribution in [0.15, 0.2) is 266 Å². The van der Waals surface area contributed by atoms with E-state index in [0.717, 1.165) is 89.9 Å². The molecule has 0 spiro atoms. The summed E-state index contributed by atoms with van der Waals surface area (Å²) in [4.78, 5) is 29.3. The number of nitrogens with zero attached hydrogens (tertiary/aromatic N) is 6. The van der Waals surface area contributed by atoms with Crippen LogP contribution in [0.1, 0.15) is 75.4 Å². The first kappa shape index (κ1) is 51.9. The third-order valence-electron chi connectivity index (χ3n) is 17.2. The van der Waals surface area contributed by atoms with Gasteiger partial charge in [0.25, 0.3) is 0 Å². The molecule has 0 fully saturated rings. The highest BCUT2D eigenvalue weighted by Gasteiger charge is 2.43. The third kappa shape index (κ3) is 9.40. The van der Waals surface area contributed by atoms with Gasteiger partial charge in [-0.25, -0.2) is 19.9 Å². The molecule has 2 aliphatic rings. The number of rotatable bonds is 10. The van der Waals surface area contributed by atoms with Crippen molar-refractivity contribution in [1.82, 2.24) is 19.9 Å². The van der Waals surface area contributed by atoms with Gasteiger partial charge in [0.05, 0.1) is 40.2 Å². The third-order valence-corrected chi connectivity index (χ3v) is 17.2. The van der Waals surface area contributed by atoms with Gasteiger partial charge in [0.1, 0.15) is 5.84 Å². The van der Waals surface area contributed by atoms with Gasteiger partial charge < -0.3 is 0 Å². The molecule has 0 bridgehead atoms. The number of benzene rings is 10. The first-order valence-electron chi connectivity index (χ1n) is 29.0. The van der Waals surface area contributed by atoms with Gasteiger partial charge >= 0.3 is 0 Å². The molecule has 3 heterocycles. The Morgan fingerprint density at radius 2 is 0.738 bits per heavy atom. The van der Waals surface area contributed by atoms with Crippen LogP contribution < -0.4 is 4.90 Å². The van der Waals surface area contributed by atoms with Crippen molar-refractivity contribution in [1.29, 1.82) is 0 Å². The summed E-state index contributed by atoms with van der Waals surface area (Å²) >= 11 is 0. The summed E-state index contributed by atoms with van der Waals surface area (Å²) in [5, 5.41) is 0. The van der Waals surface area contributed by atoms with Gasteiger partial charge in [0.2, 0.25) is 0 Å². The van der Waals surface area contributed by atoms with Gasteiger partial charge in [0.15, 0.2) is 11.6 Å². The fourth-order valence-electron chi connectivity index (χ4n) is 12.7. The summed E-state index contributed by atoms with van der Waals surface area (Å²) in [6.45, 7) is 13.9. The van der Waals surface area contributed by atoms with Crippen LogP contribution in [0.2, 0.25) is 0 Å². The van der Waals surface area contributed by atoms with E-state index < -0.39 is 0 Å². The van der Waals surface area contributed by atoms with Crippen LogP contribution in [0.3, 0.4) is 0 Å². The topological polar surface area (TPSA) is 67.2 Å². The van der Waals surface area contributed by atoms with Crippen molar-refractivity contribution in [3.05, 3.63) is 289 Å². The van der Waals surface area contributed by atoms with Crippen LogP contribution in [0.25, 0.3) is 101 Å². The highest BCUT2D eigenvalue weighted by Crippen LogP contribution is 2.57. The Labute approximate surface area is 492 Å². The molecular weight excluding hydrogens is 1020 g/mol. The van der Waals surface area contributed by atoms with Crippen molar-refractivity contribution in [2.24, 2.45) is 4.99 Å². The average Bonchev–Trinajstić information content (AvgIpc) is 3.03. The quantitative estimate of drug-likeness (QED) is 0.101. The molecule has 404 valence electrons. The highest BCUT2D eigenvalue weighted by atomic mass is 15.2. The van der Waals surface area contributed by atoms with Crippen LogP contribution >= 0.6 is 0 Å². The lowest BCUT2D eigenvalue weighted by Gasteiger charge is -2.43. The minimum absolute atomic E-state index is 0.0419. The molecular formula is C78H62N6. The zero-order valence-corrected chi connectivity index (χ0v) is 48.1.